The maximum Gasteiger partial charge on any atom is 0.139 e. The Hall–Kier alpha value is -2.14. The molecule has 0 aliphatic carbocycles. The van der Waals surface area contributed by atoms with Crippen LogP contribution in [0.2, 0.25) is 0 Å². The van der Waals surface area contributed by atoms with Crippen molar-refractivity contribution in [3.63, 3.8) is 0 Å². The number of aryl methyl sites for hydroxylation is 1. The largest absolute Gasteiger partial charge is 0.397 e. The number of hydrogen-bond acceptors (Lipinski definition) is 3. The number of pyridine rings is 1. The molecule has 3 aromatic rings. The highest BCUT2D eigenvalue weighted by molar-refractivity contribution is 9.10. The van der Waals surface area contributed by atoms with Gasteiger partial charge in [0.15, 0.2) is 0 Å². The molecule has 1 aromatic heterocycles. The van der Waals surface area contributed by atoms with Crippen molar-refractivity contribution < 1.29 is 4.39 Å². The lowest BCUT2D eigenvalue weighted by Crippen LogP contribution is -1.99. The average molecular weight is 346 g/mol. The predicted molar refractivity (Wildman–Crippen MR) is 88.3 cm³/mol. The fraction of sp³-hybridized carbons (Fsp3) is 0.0625. The summed E-state index contributed by atoms with van der Waals surface area (Å²) in [5, 5.41) is 5.09. The van der Waals surface area contributed by atoms with Crippen molar-refractivity contribution in [3.05, 3.63) is 58.6 Å². The topological polar surface area (TPSA) is 50.9 Å². The van der Waals surface area contributed by atoms with Crippen LogP contribution in [0.5, 0.6) is 0 Å². The number of nitrogens with zero attached hydrogens (tertiary/aromatic N) is 1. The predicted octanol–water partition coefficient (Wildman–Crippen LogP) is 4.77. The Kier molecular flexibility index (Phi) is 3.51. The molecule has 0 amide bonds. The first-order chi connectivity index (χ1) is 10.1. The number of nitrogens with two attached hydrogens (primary N) is 1. The van der Waals surface area contributed by atoms with E-state index in [0.717, 1.165) is 22.0 Å². The molecule has 3 N–H and O–H groups in total. The molecular formula is C16H13BrFN3. The zero-order valence-corrected chi connectivity index (χ0v) is 12.9. The molecule has 0 fully saturated rings. The lowest BCUT2D eigenvalue weighted by molar-refractivity contribution is 0.621. The number of nitrogen functional groups attached to an aromatic ring is 1. The molecule has 2 aromatic carbocycles. The van der Waals surface area contributed by atoms with Crippen LogP contribution in [0.1, 0.15) is 5.56 Å². The Balaban J connectivity index is 2.06. The fourth-order valence-electron chi connectivity index (χ4n) is 2.23. The van der Waals surface area contributed by atoms with Gasteiger partial charge in [-0.25, -0.2) is 4.39 Å². The van der Waals surface area contributed by atoms with Gasteiger partial charge in [0.05, 0.1) is 15.8 Å². The van der Waals surface area contributed by atoms with E-state index in [-0.39, 0.29) is 5.82 Å². The van der Waals surface area contributed by atoms with E-state index in [2.05, 4.69) is 26.2 Å². The van der Waals surface area contributed by atoms with E-state index in [0.29, 0.717) is 15.8 Å². The van der Waals surface area contributed by atoms with Crippen LogP contribution in [0.25, 0.3) is 10.8 Å². The smallest absolute Gasteiger partial charge is 0.139 e. The molecule has 1 heterocycles. The maximum absolute atomic E-state index is 13.7. The standard InChI is InChI=1S/C16H13BrFN3/c1-9-6-12(17)13(18)7-15(9)21-14-3-2-10-8-20-5-4-11(10)16(14)19/h2-8,21H,19H2,1H3. The summed E-state index contributed by atoms with van der Waals surface area (Å²) in [6.45, 7) is 1.91. The molecule has 0 atom stereocenters. The zero-order valence-electron chi connectivity index (χ0n) is 11.3. The van der Waals surface area contributed by atoms with Crippen molar-refractivity contribution in [3.8, 4) is 0 Å². The minimum Gasteiger partial charge on any atom is -0.397 e. The van der Waals surface area contributed by atoms with Crippen LogP contribution in [0.3, 0.4) is 0 Å². The molecule has 0 aliphatic rings. The molecule has 0 bridgehead atoms. The van der Waals surface area contributed by atoms with Gasteiger partial charge in [-0.2, -0.15) is 0 Å². The molecule has 3 rings (SSSR count). The van der Waals surface area contributed by atoms with Crippen LogP contribution in [-0.2, 0) is 0 Å². The van der Waals surface area contributed by atoms with Gasteiger partial charge in [0.1, 0.15) is 5.82 Å². The number of hydrogen-bond donors (Lipinski definition) is 2. The van der Waals surface area contributed by atoms with E-state index < -0.39 is 0 Å². The maximum atomic E-state index is 13.7. The van der Waals surface area contributed by atoms with Crippen LogP contribution < -0.4 is 11.1 Å². The van der Waals surface area contributed by atoms with Crippen LogP contribution in [0.4, 0.5) is 21.5 Å². The van der Waals surface area contributed by atoms with Crippen molar-refractivity contribution in [1.29, 1.82) is 0 Å². The Morgan fingerprint density at radius 1 is 1.19 bits per heavy atom. The third-order valence-corrected chi connectivity index (χ3v) is 4.01. The summed E-state index contributed by atoms with van der Waals surface area (Å²) in [4.78, 5) is 4.07. The molecule has 5 heteroatoms. The van der Waals surface area contributed by atoms with Gasteiger partial charge >= 0.3 is 0 Å². The van der Waals surface area contributed by atoms with Gasteiger partial charge in [-0.1, -0.05) is 6.07 Å². The number of halogens is 2. The summed E-state index contributed by atoms with van der Waals surface area (Å²) in [5.41, 5.74) is 9.18. The number of anilines is 3. The highest BCUT2D eigenvalue weighted by atomic mass is 79.9. The number of aromatic nitrogens is 1. The Morgan fingerprint density at radius 2 is 2.00 bits per heavy atom. The Morgan fingerprint density at radius 3 is 2.81 bits per heavy atom. The second-order valence-electron chi connectivity index (χ2n) is 4.83. The number of rotatable bonds is 2. The van der Waals surface area contributed by atoms with E-state index >= 15 is 0 Å². The minimum atomic E-state index is -0.313. The second kappa shape index (κ2) is 5.33. The second-order valence-corrected chi connectivity index (χ2v) is 5.68. The SMILES string of the molecule is Cc1cc(Br)c(F)cc1Nc1ccc2cnccc2c1N. The first-order valence-electron chi connectivity index (χ1n) is 6.41. The van der Waals surface area contributed by atoms with E-state index in [1.807, 2.05) is 25.1 Å². The van der Waals surface area contributed by atoms with Gasteiger partial charge < -0.3 is 11.1 Å². The van der Waals surface area contributed by atoms with Crippen LogP contribution >= 0.6 is 15.9 Å². The van der Waals surface area contributed by atoms with Crippen molar-refractivity contribution in [2.45, 2.75) is 6.92 Å². The van der Waals surface area contributed by atoms with Crippen LogP contribution in [0, 0.1) is 12.7 Å². The number of fused-ring (bicyclic) bond motifs is 1. The van der Waals surface area contributed by atoms with Crippen molar-refractivity contribution in [2.24, 2.45) is 0 Å². The number of nitrogens with one attached hydrogen (secondary N) is 1. The molecule has 21 heavy (non-hydrogen) atoms. The van der Waals surface area contributed by atoms with Crippen LogP contribution in [-0.4, -0.2) is 4.98 Å². The first-order valence-corrected chi connectivity index (χ1v) is 7.20. The van der Waals surface area contributed by atoms with Gasteiger partial charge in [0.2, 0.25) is 0 Å². The van der Waals surface area contributed by atoms with E-state index in [1.54, 1.807) is 18.5 Å². The minimum absolute atomic E-state index is 0.313. The average Bonchev–Trinajstić information content (AvgIpc) is 2.48. The fourth-order valence-corrected chi connectivity index (χ4v) is 2.69. The van der Waals surface area contributed by atoms with E-state index in [9.17, 15) is 4.39 Å². The summed E-state index contributed by atoms with van der Waals surface area (Å²) >= 11 is 3.18. The Labute approximate surface area is 130 Å². The normalized spacial score (nSPS) is 10.8. The summed E-state index contributed by atoms with van der Waals surface area (Å²) in [6, 6.07) is 8.86. The molecule has 0 saturated heterocycles. The van der Waals surface area contributed by atoms with Gasteiger partial charge in [0.25, 0.3) is 0 Å². The lowest BCUT2D eigenvalue weighted by atomic mass is 10.1. The van der Waals surface area contributed by atoms with Crippen molar-refractivity contribution >= 4 is 43.8 Å². The quantitative estimate of drug-likeness (QED) is 0.657. The molecular weight excluding hydrogens is 333 g/mol. The van der Waals surface area contributed by atoms with Gasteiger partial charge in [-0.05, 0) is 52.7 Å². The summed E-state index contributed by atoms with van der Waals surface area (Å²) in [7, 11) is 0. The van der Waals surface area contributed by atoms with Crippen molar-refractivity contribution in [2.75, 3.05) is 11.1 Å². The molecule has 0 unspecified atom stereocenters. The summed E-state index contributed by atoms with van der Waals surface area (Å²) < 4.78 is 14.1. The van der Waals surface area contributed by atoms with Gasteiger partial charge in [-0.15, -0.1) is 0 Å². The molecule has 3 nitrogen and oxygen atoms in total. The van der Waals surface area contributed by atoms with Gasteiger partial charge in [-0.3, -0.25) is 4.98 Å². The zero-order chi connectivity index (χ0) is 15.0. The number of benzene rings is 2. The van der Waals surface area contributed by atoms with Gasteiger partial charge in [0, 0.05) is 28.9 Å². The monoisotopic (exact) mass is 345 g/mol. The highest BCUT2D eigenvalue weighted by Crippen LogP contribution is 2.32. The third kappa shape index (κ3) is 2.56. The molecule has 0 spiro atoms. The first kappa shape index (κ1) is 13.8. The molecule has 0 radical (unpaired) electrons. The molecule has 0 saturated carbocycles. The van der Waals surface area contributed by atoms with Crippen molar-refractivity contribution in [1.82, 2.24) is 4.98 Å². The molecule has 106 valence electrons. The lowest BCUT2D eigenvalue weighted by Gasteiger charge is -2.14. The van der Waals surface area contributed by atoms with Crippen LogP contribution in [0.15, 0.2) is 47.2 Å². The van der Waals surface area contributed by atoms with E-state index in [4.69, 9.17) is 5.73 Å². The Bertz CT molecular complexity index is 833. The summed E-state index contributed by atoms with van der Waals surface area (Å²) in [6.07, 6.45) is 3.47. The third-order valence-electron chi connectivity index (χ3n) is 3.40. The van der Waals surface area contributed by atoms with E-state index in [1.165, 1.54) is 6.07 Å². The highest BCUT2D eigenvalue weighted by Gasteiger charge is 2.09. The summed E-state index contributed by atoms with van der Waals surface area (Å²) in [5.74, 6) is -0.313. The molecule has 0 aliphatic heterocycles.